The summed E-state index contributed by atoms with van der Waals surface area (Å²) in [5.74, 6) is -0.109. The lowest BCUT2D eigenvalue weighted by Crippen LogP contribution is -2.33. The van der Waals surface area contributed by atoms with Crippen molar-refractivity contribution in [2.24, 2.45) is 0 Å². The van der Waals surface area contributed by atoms with Crippen LogP contribution in [0.3, 0.4) is 0 Å². The molecule has 0 spiro atoms. The molecule has 0 saturated heterocycles. The molecule has 1 amide bonds. The van der Waals surface area contributed by atoms with Crippen molar-refractivity contribution in [1.82, 2.24) is 19.7 Å². The highest BCUT2D eigenvalue weighted by Crippen LogP contribution is 2.32. The molecule has 0 N–H and O–H groups in total. The summed E-state index contributed by atoms with van der Waals surface area (Å²) >= 11 is 1.59. The molecule has 0 unspecified atom stereocenters. The molecule has 4 rings (SSSR count). The third-order valence-corrected chi connectivity index (χ3v) is 5.44. The summed E-state index contributed by atoms with van der Waals surface area (Å²) in [6.45, 7) is 4.19. The van der Waals surface area contributed by atoms with Gasteiger partial charge in [0.25, 0.3) is 5.91 Å². The minimum Gasteiger partial charge on any atom is -0.322 e. The standard InChI is InChI=1S/C19H19N5OS/c1-12(2)24-18-15(11-21-24)14(10-16(22-18)17-4-3-9-26-17)19(25)23(8-7-20)13-5-6-13/h3-4,9-13H,5-6,8H2,1-2H3. The minimum absolute atomic E-state index is 0.109. The maximum atomic E-state index is 13.2. The highest BCUT2D eigenvalue weighted by atomic mass is 32.1. The Labute approximate surface area is 155 Å². The molecular formula is C19H19N5OS. The van der Waals surface area contributed by atoms with Crippen LogP contribution in [0.2, 0.25) is 0 Å². The van der Waals surface area contributed by atoms with E-state index in [4.69, 9.17) is 10.2 Å². The summed E-state index contributed by atoms with van der Waals surface area (Å²) in [5.41, 5.74) is 2.06. The summed E-state index contributed by atoms with van der Waals surface area (Å²) in [4.78, 5) is 20.7. The predicted molar refractivity (Wildman–Crippen MR) is 101 cm³/mol. The number of hydrogen-bond donors (Lipinski definition) is 0. The van der Waals surface area contributed by atoms with Gasteiger partial charge in [-0.25, -0.2) is 9.67 Å². The van der Waals surface area contributed by atoms with Crippen molar-refractivity contribution in [3.63, 3.8) is 0 Å². The number of fused-ring (bicyclic) bond motifs is 1. The number of pyridine rings is 1. The van der Waals surface area contributed by atoms with Gasteiger partial charge >= 0.3 is 0 Å². The Morgan fingerprint density at radius 3 is 2.92 bits per heavy atom. The Bertz CT molecular complexity index is 995. The van der Waals surface area contributed by atoms with Crippen LogP contribution in [0, 0.1) is 11.3 Å². The molecule has 1 aliphatic carbocycles. The van der Waals surface area contributed by atoms with E-state index in [1.54, 1.807) is 22.4 Å². The number of aromatic nitrogens is 3. The highest BCUT2D eigenvalue weighted by Gasteiger charge is 2.34. The van der Waals surface area contributed by atoms with Gasteiger partial charge in [0.05, 0.1) is 33.8 Å². The maximum absolute atomic E-state index is 13.2. The molecule has 0 aliphatic heterocycles. The first kappa shape index (κ1) is 16.7. The van der Waals surface area contributed by atoms with E-state index < -0.39 is 0 Å². The van der Waals surface area contributed by atoms with Gasteiger partial charge in [-0.1, -0.05) is 6.07 Å². The van der Waals surface area contributed by atoms with Gasteiger partial charge in [-0.05, 0) is 44.2 Å². The lowest BCUT2D eigenvalue weighted by Gasteiger charge is -2.19. The molecule has 26 heavy (non-hydrogen) atoms. The number of nitrogens with zero attached hydrogens (tertiary/aromatic N) is 5. The van der Waals surface area contributed by atoms with Gasteiger partial charge in [0.15, 0.2) is 5.65 Å². The Kier molecular flexibility index (Phi) is 4.21. The second-order valence-corrected chi connectivity index (χ2v) is 7.72. The SMILES string of the molecule is CC(C)n1ncc2c(C(=O)N(CC#N)C3CC3)cc(-c3cccs3)nc21. The van der Waals surface area contributed by atoms with Crippen molar-refractivity contribution in [2.75, 3.05) is 6.54 Å². The first-order valence-electron chi connectivity index (χ1n) is 8.70. The van der Waals surface area contributed by atoms with Gasteiger partial charge in [-0.15, -0.1) is 11.3 Å². The van der Waals surface area contributed by atoms with Crippen molar-refractivity contribution >= 4 is 28.3 Å². The third-order valence-electron chi connectivity index (χ3n) is 4.55. The summed E-state index contributed by atoms with van der Waals surface area (Å²) in [6.07, 6.45) is 3.64. The molecule has 1 fully saturated rings. The molecule has 0 radical (unpaired) electrons. The molecule has 6 nitrogen and oxygen atoms in total. The Morgan fingerprint density at radius 1 is 1.50 bits per heavy atom. The Morgan fingerprint density at radius 2 is 2.31 bits per heavy atom. The van der Waals surface area contributed by atoms with Gasteiger partial charge in [-0.2, -0.15) is 10.4 Å². The first-order valence-corrected chi connectivity index (χ1v) is 9.58. The number of thiophene rings is 1. The number of rotatable bonds is 5. The molecule has 3 aromatic heterocycles. The summed E-state index contributed by atoms with van der Waals surface area (Å²) in [7, 11) is 0. The van der Waals surface area contributed by atoms with Crippen LogP contribution in [0.4, 0.5) is 0 Å². The van der Waals surface area contributed by atoms with E-state index in [-0.39, 0.29) is 24.5 Å². The zero-order valence-corrected chi connectivity index (χ0v) is 15.5. The van der Waals surface area contributed by atoms with Crippen LogP contribution in [0.15, 0.2) is 29.8 Å². The largest absolute Gasteiger partial charge is 0.322 e. The van der Waals surface area contributed by atoms with Crippen molar-refractivity contribution in [3.05, 3.63) is 35.3 Å². The second-order valence-electron chi connectivity index (χ2n) is 6.77. The van der Waals surface area contributed by atoms with Gasteiger partial charge < -0.3 is 4.90 Å². The first-order chi connectivity index (χ1) is 12.6. The molecule has 1 aliphatic rings. The number of hydrogen-bond acceptors (Lipinski definition) is 5. The Balaban J connectivity index is 1.89. The number of amides is 1. The van der Waals surface area contributed by atoms with Gasteiger partial charge in [0.1, 0.15) is 6.54 Å². The zero-order chi connectivity index (χ0) is 18.3. The Hall–Kier alpha value is -2.72. The van der Waals surface area contributed by atoms with Gasteiger partial charge in [0, 0.05) is 12.1 Å². The summed E-state index contributed by atoms with van der Waals surface area (Å²) < 4.78 is 1.84. The van der Waals surface area contributed by atoms with E-state index in [9.17, 15) is 4.79 Å². The lowest BCUT2D eigenvalue weighted by atomic mass is 10.1. The van der Waals surface area contributed by atoms with E-state index in [1.165, 1.54) is 0 Å². The molecule has 0 aromatic carbocycles. The van der Waals surface area contributed by atoms with Gasteiger partial charge in [-0.3, -0.25) is 4.79 Å². The monoisotopic (exact) mass is 365 g/mol. The van der Waals surface area contributed by atoms with Crippen LogP contribution in [0.5, 0.6) is 0 Å². The quantitative estimate of drug-likeness (QED) is 0.643. The number of carbonyl (C=O) groups excluding carboxylic acids is 1. The number of nitriles is 1. The fourth-order valence-corrected chi connectivity index (χ4v) is 3.79. The maximum Gasteiger partial charge on any atom is 0.255 e. The molecular weight excluding hydrogens is 346 g/mol. The molecule has 7 heteroatoms. The number of carbonyl (C=O) groups is 1. The van der Waals surface area contributed by atoms with E-state index in [1.807, 2.05) is 42.1 Å². The van der Waals surface area contributed by atoms with Crippen LogP contribution < -0.4 is 0 Å². The lowest BCUT2D eigenvalue weighted by molar-refractivity contribution is 0.0767. The second kappa shape index (κ2) is 6.54. The molecule has 3 aromatic rings. The minimum atomic E-state index is -0.109. The van der Waals surface area contributed by atoms with Crippen LogP contribution in [0.25, 0.3) is 21.6 Å². The van der Waals surface area contributed by atoms with Crippen molar-refractivity contribution in [1.29, 1.82) is 5.26 Å². The van der Waals surface area contributed by atoms with Gasteiger partial charge in [0.2, 0.25) is 0 Å². The van der Waals surface area contributed by atoms with E-state index in [0.29, 0.717) is 11.2 Å². The molecule has 3 heterocycles. The van der Waals surface area contributed by atoms with Crippen LogP contribution in [-0.2, 0) is 0 Å². The molecule has 1 saturated carbocycles. The third kappa shape index (κ3) is 2.86. The smallest absolute Gasteiger partial charge is 0.255 e. The summed E-state index contributed by atoms with van der Waals surface area (Å²) in [6, 6.07) is 8.25. The van der Waals surface area contributed by atoms with Crippen LogP contribution in [-0.4, -0.2) is 38.2 Å². The highest BCUT2D eigenvalue weighted by molar-refractivity contribution is 7.13. The van der Waals surface area contributed by atoms with E-state index in [2.05, 4.69) is 11.2 Å². The van der Waals surface area contributed by atoms with Crippen LogP contribution >= 0.6 is 11.3 Å². The topological polar surface area (TPSA) is 74.8 Å². The van der Waals surface area contributed by atoms with Crippen molar-refractivity contribution in [2.45, 2.75) is 38.8 Å². The average Bonchev–Trinajstić information content (AvgIpc) is 3.14. The summed E-state index contributed by atoms with van der Waals surface area (Å²) in [5, 5.41) is 16.3. The van der Waals surface area contributed by atoms with Crippen LogP contribution in [0.1, 0.15) is 43.1 Å². The predicted octanol–water partition coefficient (Wildman–Crippen LogP) is 3.87. The normalized spacial score (nSPS) is 13.9. The average molecular weight is 365 g/mol. The molecule has 0 bridgehead atoms. The van der Waals surface area contributed by atoms with Crippen molar-refractivity contribution in [3.8, 4) is 16.6 Å². The fraction of sp³-hybridized carbons (Fsp3) is 0.368. The molecule has 0 atom stereocenters. The molecule has 132 valence electrons. The fourth-order valence-electron chi connectivity index (χ4n) is 3.11. The van der Waals surface area contributed by atoms with Crippen molar-refractivity contribution < 1.29 is 4.79 Å². The van der Waals surface area contributed by atoms with E-state index in [0.717, 1.165) is 28.8 Å². The van der Waals surface area contributed by atoms with E-state index >= 15 is 0 Å². The zero-order valence-electron chi connectivity index (χ0n) is 14.7.